The zero-order valence-electron chi connectivity index (χ0n) is 14.7. The molecule has 0 radical (unpaired) electrons. The smallest absolute Gasteiger partial charge is 0.255 e. The van der Waals surface area contributed by atoms with Crippen LogP contribution in [-0.2, 0) is 0 Å². The molecule has 0 spiro atoms. The Balaban J connectivity index is 1.51. The number of ether oxygens (including phenoxy) is 3. The Morgan fingerprint density at radius 1 is 1.19 bits per heavy atom. The van der Waals surface area contributed by atoms with E-state index >= 15 is 0 Å². The minimum absolute atomic E-state index is 0.254. The monoisotopic (exact) mass is 355 g/mol. The molecule has 0 atom stereocenters. The number of hydrogen-bond acceptors (Lipinski definition) is 6. The molecule has 0 bridgehead atoms. The number of anilines is 2. The van der Waals surface area contributed by atoms with Gasteiger partial charge >= 0.3 is 0 Å². The number of methoxy groups -OCH3 is 1. The number of rotatable bonds is 4. The molecule has 0 aliphatic carbocycles. The van der Waals surface area contributed by atoms with Crippen molar-refractivity contribution in [3.05, 3.63) is 36.0 Å². The Hall–Kier alpha value is -2.96. The van der Waals surface area contributed by atoms with Crippen molar-refractivity contribution in [2.24, 2.45) is 0 Å². The lowest BCUT2D eigenvalue weighted by Gasteiger charge is -2.21. The highest BCUT2D eigenvalue weighted by atomic mass is 16.6. The van der Waals surface area contributed by atoms with E-state index in [1.165, 1.54) is 20.0 Å². The SMILES string of the molecule is COc1cc(C(=O)Nc2ccc(N3CCCC3)nc2)cc2c1OCCO2. The highest BCUT2D eigenvalue weighted by molar-refractivity contribution is 6.05. The van der Waals surface area contributed by atoms with Gasteiger partial charge in [0.25, 0.3) is 5.91 Å². The van der Waals surface area contributed by atoms with E-state index in [1.54, 1.807) is 18.3 Å². The van der Waals surface area contributed by atoms with Gasteiger partial charge in [0.05, 0.1) is 19.0 Å². The second kappa shape index (κ2) is 7.11. The molecule has 2 aliphatic rings. The number of nitrogens with zero attached hydrogens (tertiary/aromatic N) is 2. The molecule has 1 fully saturated rings. The second-order valence-corrected chi connectivity index (χ2v) is 6.26. The van der Waals surface area contributed by atoms with Gasteiger partial charge < -0.3 is 24.4 Å². The van der Waals surface area contributed by atoms with Crippen molar-refractivity contribution in [2.75, 3.05) is 43.6 Å². The van der Waals surface area contributed by atoms with Crippen LogP contribution in [0, 0.1) is 0 Å². The number of pyridine rings is 1. The molecule has 7 heteroatoms. The van der Waals surface area contributed by atoms with E-state index in [4.69, 9.17) is 14.2 Å². The van der Waals surface area contributed by atoms with Crippen LogP contribution in [-0.4, -0.2) is 44.3 Å². The van der Waals surface area contributed by atoms with Crippen LogP contribution in [0.15, 0.2) is 30.5 Å². The molecule has 3 heterocycles. The Kier molecular flexibility index (Phi) is 4.51. The van der Waals surface area contributed by atoms with Crippen molar-refractivity contribution in [1.29, 1.82) is 0 Å². The lowest BCUT2D eigenvalue weighted by Crippen LogP contribution is -2.19. The van der Waals surface area contributed by atoms with Crippen LogP contribution in [0.25, 0.3) is 0 Å². The van der Waals surface area contributed by atoms with Gasteiger partial charge in [-0.25, -0.2) is 4.98 Å². The first kappa shape index (κ1) is 16.5. The van der Waals surface area contributed by atoms with Crippen molar-refractivity contribution in [2.45, 2.75) is 12.8 Å². The van der Waals surface area contributed by atoms with Crippen molar-refractivity contribution in [1.82, 2.24) is 4.98 Å². The van der Waals surface area contributed by atoms with Crippen molar-refractivity contribution in [3.8, 4) is 17.2 Å². The van der Waals surface area contributed by atoms with Crippen LogP contribution >= 0.6 is 0 Å². The third kappa shape index (κ3) is 3.24. The molecule has 1 N–H and O–H groups in total. The van der Waals surface area contributed by atoms with Gasteiger partial charge in [-0.3, -0.25) is 4.79 Å². The molecule has 26 heavy (non-hydrogen) atoms. The van der Waals surface area contributed by atoms with Gasteiger partial charge in [-0.05, 0) is 37.1 Å². The summed E-state index contributed by atoms with van der Waals surface area (Å²) in [5, 5.41) is 2.86. The Morgan fingerprint density at radius 2 is 2.00 bits per heavy atom. The first-order chi connectivity index (χ1) is 12.7. The van der Waals surface area contributed by atoms with Crippen molar-refractivity contribution >= 4 is 17.4 Å². The zero-order valence-corrected chi connectivity index (χ0v) is 14.7. The molecule has 1 amide bonds. The molecule has 7 nitrogen and oxygen atoms in total. The molecule has 1 saturated heterocycles. The molecule has 4 rings (SSSR count). The van der Waals surface area contributed by atoms with E-state index in [0.717, 1.165) is 18.9 Å². The summed E-state index contributed by atoms with van der Waals surface area (Å²) in [5.41, 5.74) is 1.08. The van der Waals surface area contributed by atoms with E-state index in [0.29, 0.717) is 41.7 Å². The van der Waals surface area contributed by atoms with E-state index in [1.807, 2.05) is 12.1 Å². The molecular formula is C19H21N3O4. The molecule has 1 aromatic carbocycles. The number of aromatic nitrogens is 1. The molecular weight excluding hydrogens is 334 g/mol. The lowest BCUT2D eigenvalue weighted by molar-refractivity contribution is 0.102. The van der Waals surface area contributed by atoms with Gasteiger partial charge in [0.15, 0.2) is 11.5 Å². The van der Waals surface area contributed by atoms with Crippen LogP contribution in [0.2, 0.25) is 0 Å². The lowest BCUT2D eigenvalue weighted by atomic mass is 10.1. The number of benzene rings is 1. The largest absolute Gasteiger partial charge is 0.493 e. The standard InChI is InChI=1S/C19H21N3O4/c1-24-15-10-13(11-16-18(15)26-9-8-25-16)19(23)21-14-4-5-17(20-12-14)22-6-2-3-7-22/h4-5,10-12H,2-3,6-9H2,1H3,(H,21,23). The van der Waals surface area contributed by atoms with Gasteiger partial charge in [0.1, 0.15) is 19.0 Å². The Labute approximate surface area is 151 Å². The number of nitrogens with one attached hydrogen (secondary N) is 1. The quantitative estimate of drug-likeness (QED) is 0.909. The number of carbonyl (C=O) groups is 1. The number of amides is 1. The predicted octanol–water partition coefficient (Wildman–Crippen LogP) is 2.71. The summed E-state index contributed by atoms with van der Waals surface area (Å²) in [6.45, 7) is 2.98. The summed E-state index contributed by atoms with van der Waals surface area (Å²) in [6.07, 6.45) is 4.08. The number of carbonyl (C=O) groups excluding carboxylic acids is 1. The first-order valence-corrected chi connectivity index (χ1v) is 8.74. The molecule has 2 aliphatic heterocycles. The van der Waals surface area contributed by atoms with Crippen LogP contribution in [0.3, 0.4) is 0 Å². The maximum Gasteiger partial charge on any atom is 0.255 e. The molecule has 0 saturated carbocycles. The van der Waals surface area contributed by atoms with Crippen LogP contribution in [0.4, 0.5) is 11.5 Å². The van der Waals surface area contributed by atoms with Crippen LogP contribution < -0.4 is 24.4 Å². The van der Waals surface area contributed by atoms with Gasteiger partial charge in [-0.1, -0.05) is 0 Å². The van der Waals surface area contributed by atoms with Gasteiger partial charge in [0.2, 0.25) is 5.75 Å². The normalized spacial score (nSPS) is 15.7. The van der Waals surface area contributed by atoms with Gasteiger partial charge in [-0.15, -0.1) is 0 Å². The van der Waals surface area contributed by atoms with Gasteiger partial charge in [0, 0.05) is 18.7 Å². The predicted molar refractivity (Wildman–Crippen MR) is 97.6 cm³/mol. The first-order valence-electron chi connectivity index (χ1n) is 8.74. The minimum Gasteiger partial charge on any atom is -0.493 e. The van der Waals surface area contributed by atoms with E-state index in [2.05, 4.69) is 15.2 Å². The Bertz CT molecular complexity index is 784. The highest BCUT2D eigenvalue weighted by Gasteiger charge is 2.21. The van der Waals surface area contributed by atoms with Crippen LogP contribution in [0.5, 0.6) is 17.2 Å². The number of hydrogen-bond donors (Lipinski definition) is 1. The second-order valence-electron chi connectivity index (χ2n) is 6.26. The average molecular weight is 355 g/mol. The molecule has 2 aromatic rings. The average Bonchev–Trinajstić information content (AvgIpc) is 3.22. The fourth-order valence-electron chi connectivity index (χ4n) is 3.20. The number of fused-ring (bicyclic) bond motifs is 1. The Morgan fingerprint density at radius 3 is 2.73 bits per heavy atom. The zero-order chi connectivity index (χ0) is 17.9. The molecule has 0 unspecified atom stereocenters. The summed E-state index contributed by atoms with van der Waals surface area (Å²) < 4.78 is 16.5. The highest BCUT2D eigenvalue weighted by Crippen LogP contribution is 2.40. The fraction of sp³-hybridized carbons (Fsp3) is 0.368. The summed E-state index contributed by atoms with van der Waals surface area (Å²) >= 11 is 0. The maximum absolute atomic E-state index is 12.6. The summed E-state index contributed by atoms with van der Waals surface area (Å²) in [5.74, 6) is 2.22. The topological polar surface area (TPSA) is 72.9 Å². The van der Waals surface area contributed by atoms with E-state index in [-0.39, 0.29) is 5.91 Å². The van der Waals surface area contributed by atoms with E-state index < -0.39 is 0 Å². The third-order valence-electron chi connectivity index (χ3n) is 4.53. The van der Waals surface area contributed by atoms with E-state index in [9.17, 15) is 4.79 Å². The maximum atomic E-state index is 12.6. The summed E-state index contributed by atoms with van der Waals surface area (Å²) in [7, 11) is 1.54. The third-order valence-corrected chi connectivity index (χ3v) is 4.53. The summed E-state index contributed by atoms with van der Waals surface area (Å²) in [6, 6.07) is 7.12. The van der Waals surface area contributed by atoms with Crippen molar-refractivity contribution < 1.29 is 19.0 Å². The molecule has 1 aromatic heterocycles. The summed E-state index contributed by atoms with van der Waals surface area (Å²) in [4.78, 5) is 19.3. The minimum atomic E-state index is -0.254. The fourth-order valence-corrected chi connectivity index (χ4v) is 3.20. The van der Waals surface area contributed by atoms with Gasteiger partial charge in [-0.2, -0.15) is 0 Å². The van der Waals surface area contributed by atoms with Crippen molar-refractivity contribution in [3.63, 3.8) is 0 Å². The van der Waals surface area contributed by atoms with Crippen LogP contribution in [0.1, 0.15) is 23.2 Å². The molecule has 136 valence electrons.